The number of carbonyl (C=O) groups excluding carboxylic acids is 1. The van der Waals surface area contributed by atoms with Gasteiger partial charge in [-0.2, -0.15) is 0 Å². The topological polar surface area (TPSA) is 67.8 Å². The van der Waals surface area contributed by atoms with Gasteiger partial charge >= 0.3 is 0 Å². The van der Waals surface area contributed by atoms with Crippen LogP contribution in [-0.2, 0) is 17.8 Å². The fraction of sp³-hybridized carbons (Fsp3) is 0.472. The van der Waals surface area contributed by atoms with Crippen molar-refractivity contribution >= 4 is 5.91 Å². The lowest BCUT2D eigenvalue weighted by Gasteiger charge is -2.37. The number of carbonyl (C=O) groups is 1. The van der Waals surface area contributed by atoms with Crippen molar-refractivity contribution in [2.75, 3.05) is 7.11 Å². The number of aromatic hydroxyl groups is 1. The minimum Gasteiger partial charge on any atom is -0.508 e. The van der Waals surface area contributed by atoms with Gasteiger partial charge in [-0.25, -0.2) is 0 Å². The van der Waals surface area contributed by atoms with E-state index >= 15 is 0 Å². The Bertz CT molecular complexity index is 1290. The Morgan fingerprint density at radius 3 is 2.32 bits per heavy atom. The van der Waals surface area contributed by atoms with E-state index in [1.807, 2.05) is 57.2 Å². The molecule has 0 saturated heterocycles. The van der Waals surface area contributed by atoms with E-state index in [0.29, 0.717) is 12.3 Å². The molecule has 1 atom stereocenters. The molecule has 0 radical (unpaired) electrons. The number of phenols is 1. The first-order valence-electron chi connectivity index (χ1n) is 14.9. The quantitative estimate of drug-likeness (QED) is 0.190. The predicted molar refractivity (Wildman–Crippen MR) is 169 cm³/mol. The summed E-state index contributed by atoms with van der Waals surface area (Å²) in [5, 5.41) is 13.1. The van der Waals surface area contributed by atoms with E-state index in [0.717, 1.165) is 90.7 Å². The summed E-state index contributed by atoms with van der Waals surface area (Å²) in [5.74, 6) is 2.12. The zero-order chi connectivity index (χ0) is 30.0. The molecule has 1 heterocycles. The van der Waals surface area contributed by atoms with Crippen molar-refractivity contribution in [1.82, 2.24) is 5.32 Å². The molecule has 3 rings (SSSR count). The average molecular weight is 560 g/mol. The Hall–Kier alpha value is -3.47. The Balaban J connectivity index is 1.36. The molecular formula is C36H49NO4. The average Bonchev–Trinajstić information content (AvgIpc) is 2.94. The third kappa shape index (κ3) is 9.55. The highest BCUT2D eigenvalue weighted by Gasteiger charge is 2.33. The van der Waals surface area contributed by atoms with Gasteiger partial charge in [0.2, 0.25) is 5.91 Å². The molecule has 0 bridgehead atoms. The van der Waals surface area contributed by atoms with Crippen molar-refractivity contribution < 1.29 is 19.4 Å². The zero-order valence-electron chi connectivity index (χ0n) is 26.2. The van der Waals surface area contributed by atoms with Crippen LogP contribution in [0.5, 0.6) is 17.2 Å². The van der Waals surface area contributed by atoms with Crippen LogP contribution in [0, 0.1) is 13.8 Å². The number of methoxy groups -OCH3 is 1. The number of amides is 1. The second kappa shape index (κ2) is 15.0. The van der Waals surface area contributed by atoms with E-state index in [-0.39, 0.29) is 11.5 Å². The van der Waals surface area contributed by atoms with Crippen LogP contribution in [-0.4, -0.2) is 23.7 Å². The normalized spacial score (nSPS) is 17.6. The highest BCUT2D eigenvalue weighted by molar-refractivity contribution is 5.92. The van der Waals surface area contributed by atoms with Crippen molar-refractivity contribution in [2.45, 2.75) is 105 Å². The summed E-state index contributed by atoms with van der Waals surface area (Å²) in [6.45, 7) is 13.0. The first-order valence-corrected chi connectivity index (χ1v) is 14.9. The Kier molecular flexibility index (Phi) is 11.7. The summed E-state index contributed by atoms with van der Waals surface area (Å²) in [5.41, 5.74) is 7.52. The van der Waals surface area contributed by atoms with Gasteiger partial charge in [0.1, 0.15) is 22.8 Å². The lowest BCUT2D eigenvalue weighted by molar-refractivity contribution is -0.117. The zero-order valence-corrected chi connectivity index (χ0v) is 26.2. The van der Waals surface area contributed by atoms with Crippen molar-refractivity contribution in [1.29, 1.82) is 0 Å². The monoisotopic (exact) mass is 559 g/mol. The largest absolute Gasteiger partial charge is 0.508 e. The standard InChI is InChI=1S/C36H49NO4/c1-25(13-9-15-27(3)35(39)37-24-30-16-18-31(40-7)19-17-30)11-8-12-26(2)14-10-21-36(6)22-20-32-29(5)33(38)23-28(4)34(32)41-36/h11,14-19,23,38H,8-10,12-13,20-22,24H2,1-7H3,(H,37,39)/b25-11+,26-14+,27-15+. The van der Waals surface area contributed by atoms with Gasteiger partial charge in [-0.3, -0.25) is 4.79 Å². The smallest absolute Gasteiger partial charge is 0.246 e. The van der Waals surface area contributed by atoms with Gasteiger partial charge in [-0.1, -0.05) is 41.5 Å². The first-order chi connectivity index (χ1) is 19.5. The molecule has 0 aliphatic carbocycles. The molecule has 2 aromatic rings. The van der Waals surface area contributed by atoms with Crippen molar-refractivity contribution in [3.63, 3.8) is 0 Å². The predicted octanol–water partition coefficient (Wildman–Crippen LogP) is 8.60. The third-order valence-corrected chi connectivity index (χ3v) is 8.23. The van der Waals surface area contributed by atoms with Crippen molar-refractivity contribution in [3.05, 3.63) is 87.5 Å². The van der Waals surface area contributed by atoms with E-state index < -0.39 is 0 Å². The molecule has 1 aliphatic rings. The van der Waals surface area contributed by atoms with Gasteiger partial charge in [-0.05, 0) is 128 Å². The molecule has 5 nitrogen and oxygen atoms in total. The van der Waals surface area contributed by atoms with Gasteiger partial charge in [-0.15, -0.1) is 0 Å². The van der Waals surface area contributed by atoms with E-state index in [2.05, 4.69) is 38.2 Å². The fourth-order valence-corrected chi connectivity index (χ4v) is 5.30. The van der Waals surface area contributed by atoms with Gasteiger partial charge in [0.05, 0.1) is 7.11 Å². The molecule has 2 aromatic carbocycles. The van der Waals surface area contributed by atoms with E-state index in [1.54, 1.807) is 7.11 Å². The minimum absolute atomic E-state index is 0.0237. The number of nitrogens with one attached hydrogen (secondary N) is 1. The molecule has 222 valence electrons. The molecule has 0 saturated carbocycles. The number of hydrogen-bond acceptors (Lipinski definition) is 4. The summed E-state index contributed by atoms with van der Waals surface area (Å²) < 4.78 is 11.7. The van der Waals surface area contributed by atoms with E-state index in [1.165, 1.54) is 11.1 Å². The van der Waals surface area contributed by atoms with E-state index in [4.69, 9.17) is 9.47 Å². The number of ether oxygens (including phenoxy) is 2. The lowest BCUT2D eigenvalue weighted by atomic mass is 9.86. The van der Waals surface area contributed by atoms with Crippen LogP contribution in [0.25, 0.3) is 0 Å². The molecule has 1 aliphatic heterocycles. The number of allylic oxidation sites excluding steroid dienone is 5. The summed E-state index contributed by atoms with van der Waals surface area (Å²) in [7, 11) is 1.64. The van der Waals surface area contributed by atoms with Crippen LogP contribution < -0.4 is 14.8 Å². The number of rotatable bonds is 13. The Labute approximate surface area is 247 Å². The Morgan fingerprint density at radius 1 is 1.02 bits per heavy atom. The lowest BCUT2D eigenvalue weighted by Crippen LogP contribution is -2.36. The summed E-state index contributed by atoms with van der Waals surface area (Å²) >= 11 is 0. The number of hydrogen-bond donors (Lipinski definition) is 2. The molecule has 1 unspecified atom stereocenters. The van der Waals surface area contributed by atoms with Gasteiger partial charge < -0.3 is 19.9 Å². The van der Waals surface area contributed by atoms with Crippen LogP contribution in [0.2, 0.25) is 0 Å². The molecule has 2 N–H and O–H groups in total. The van der Waals surface area contributed by atoms with E-state index in [9.17, 15) is 9.90 Å². The van der Waals surface area contributed by atoms with Crippen LogP contribution >= 0.6 is 0 Å². The van der Waals surface area contributed by atoms with Crippen LogP contribution in [0.15, 0.2) is 65.3 Å². The maximum Gasteiger partial charge on any atom is 0.246 e. The second-order valence-corrected chi connectivity index (χ2v) is 11.8. The van der Waals surface area contributed by atoms with Crippen molar-refractivity contribution in [3.8, 4) is 17.2 Å². The third-order valence-electron chi connectivity index (χ3n) is 8.23. The Morgan fingerprint density at radius 2 is 1.66 bits per heavy atom. The minimum atomic E-state index is -0.174. The summed E-state index contributed by atoms with van der Waals surface area (Å²) in [6, 6.07) is 9.54. The van der Waals surface area contributed by atoms with Crippen LogP contribution in [0.1, 0.15) is 94.9 Å². The van der Waals surface area contributed by atoms with Gasteiger partial charge in [0.25, 0.3) is 0 Å². The molecule has 0 spiro atoms. The van der Waals surface area contributed by atoms with Gasteiger partial charge in [0.15, 0.2) is 0 Å². The number of fused-ring (bicyclic) bond motifs is 1. The number of benzene rings is 2. The first kappa shape index (κ1) is 32.0. The van der Waals surface area contributed by atoms with Crippen LogP contribution in [0.3, 0.4) is 0 Å². The molecule has 1 amide bonds. The van der Waals surface area contributed by atoms with Gasteiger partial charge in [0, 0.05) is 17.7 Å². The highest BCUT2D eigenvalue weighted by Crippen LogP contribution is 2.42. The summed E-state index contributed by atoms with van der Waals surface area (Å²) in [6.07, 6.45) is 14.5. The maximum atomic E-state index is 12.4. The molecule has 0 fully saturated rings. The molecular weight excluding hydrogens is 510 g/mol. The molecule has 41 heavy (non-hydrogen) atoms. The van der Waals surface area contributed by atoms with Crippen LogP contribution in [0.4, 0.5) is 0 Å². The fourth-order valence-electron chi connectivity index (χ4n) is 5.30. The number of phenolic OH excluding ortho intramolecular Hbond substituents is 1. The molecule has 5 heteroatoms. The maximum absolute atomic E-state index is 12.4. The SMILES string of the molecule is COc1ccc(CNC(=O)/C(C)=C/CC/C(C)=C/CC/C(C)=C/CCC2(C)CCc3c(C)c(O)cc(C)c3O2)cc1. The molecule has 0 aromatic heterocycles. The van der Waals surface area contributed by atoms with Crippen molar-refractivity contribution in [2.24, 2.45) is 0 Å². The second-order valence-electron chi connectivity index (χ2n) is 11.8. The summed E-state index contributed by atoms with van der Waals surface area (Å²) in [4.78, 5) is 12.4. The number of aryl methyl sites for hydroxylation is 1. The highest BCUT2D eigenvalue weighted by atomic mass is 16.5.